The molecule has 0 aromatic carbocycles. The zero-order valence-electron chi connectivity index (χ0n) is 32.3. The van der Waals surface area contributed by atoms with Gasteiger partial charge in [0, 0.05) is 26.2 Å². The largest absolute Gasteiger partial charge is 4.00 e. The van der Waals surface area contributed by atoms with Crippen molar-refractivity contribution < 1.29 is 25.3 Å². The SMILES string of the molecule is CCCCCCCCNC(=S)[S-].CCCCCCCCNC(=S)[S-].CCCCCCCCNC(=S)[S-].CCCCCCCCNC(=S)[S-].O=S.[Mo+4]. The Morgan fingerprint density at radius 2 is 0.471 bits per heavy atom. The maximum Gasteiger partial charge on any atom is 4.00 e. The van der Waals surface area contributed by atoms with Crippen LogP contribution in [-0.2, 0) is 84.1 Å². The van der Waals surface area contributed by atoms with Crippen molar-refractivity contribution in [2.75, 3.05) is 26.2 Å². The Morgan fingerprint density at radius 3 is 0.608 bits per heavy atom. The average Bonchev–Trinajstić information content (AvgIpc) is 3.08. The summed E-state index contributed by atoms with van der Waals surface area (Å²) in [5.74, 6) is 0. The Bertz CT molecular complexity index is 604. The van der Waals surface area contributed by atoms with Crippen molar-refractivity contribution in [3.05, 3.63) is 0 Å². The Balaban J connectivity index is -0.000000129. The zero-order valence-corrected chi connectivity index (χ0v) is 41.6. The second-order valence-corrected chi connectivity index (χ2v) is 16.2. The molecule has 0 heterocycles. The van der Waals surface area contributed by atoms with Gasteiger partial charge in [-0.25, -0.2) is 0 Å². The fraction of sp³-hybridized carbons (Fsp3) is 0.889. The van der Waals surface area contributed by atoms with Gasteiger partial charge in [0.2, 0.25) is 0 Å². The predicted octanol–water partition coefficient (Wildman–Crippen LogP) is 10.7. The van der Waals surface area contributed by atoms with Gasteiger partial charge >= 0.3 is 21.1 Å². The molecule has 0 aliphatic heterocycles. The van der Waals surface area contributed by atoms with Gasteiger partial charge in [0.25, 0.3) is 0 Å². The molecule has 0 aromatic rings. The van der Waals surface area contributed by atoms with E-state index in [9.17, 15) is 0 Å². The summed E-state index contributed by atoms with van der Waals surface area (Å²) in [6.07, 6.45) is 31.6. The maximum absolute atomic E-state index is 7.83. The van der Waals surface area contributed by atoms with Gasteiger partial charge in [-0.2, -0.15) is 4.21 Å². The van der Waals surface area contributed by atoms with E-state index in [1.807, 2.05) is 0 Å². The van der Waals surface area contributed by atoms with Gasteiger partial charge in [-0.3, -0.25) is 0 Å². The van der Waals surface area contributed by atoms with Crippen LogP contribution in [0.5, 0.6) is 0 Å². The molecule has 0 aliphatic rings. The van der Waals surface area contributed by atoms with Gasteiger partial charge in [-0.05, 0) is 25.7 Å². The van der Waals surface area contributed by atoms with Gasteiger partial charge in [-0.1, -0.05) is 173 Å². The van der Waals surface area contributed by atoms with Crippen molar-refractivity contribution in [2.45, 2.75) is 182 Å². The Morgan fingerprint density at radius 1 is 0.333 bits per heavy atom. The summed E-state index contributed by atoms with van der Waals surface area (Å²) in [6, 6.07) is 0. The standard InChI is InChI=1S/4C9H19NS2.Mo.OS/c4*1-2-3-4-5-6-7-8-10-9(11)12;;1-2/h4*2-8H2,1H3,(H2,10,11,12);;/q;;;;+4;/p-4. The van der Waals surface area contributed by atoms with E-state index in [1.165, 1.54) is 154 Å². The molecule has 0 atom stereocenters. The van der Waals surface area contributed by atoms with Crippen LogP contribution < -0.4 is 21.3 Å². The van der Waals surface area contributed by atoms with Crippen molar-refractivity contribution in [3.8, 4) is 0 Å². The van der Waals surface area contributed by atoms with Gasteiger partial charge in [0.1, 0.15) is 0 Å². The minimum atomic E-state index is 0. The molecule has 0 fully saturated rings. The summed E-state index contributed by atoms with van der Waals surface area (Å²) in [7, 11) is 0. The molecule has 0 saturated carbocycles. The Hall–Kier alpha value is 1.15. The molecule has 15 heteroatoms. The molecule has 0 aliphatic carbocycles. The number of rotatable bonds is 28. The van der Waals surface area contributed by atoms with Crippen LogP contribution in [0.2, 0.25) is 0 Å². The number of nitrogens with one attached hydrogen (secondary N) is 4. The summed E-state index contributed by atoms with van der Waals surface area (Å²) in [5.41, 5.74) is 0. The quantitative estimate of drug-likeness (QED) is 0.0261. The molecule has 0 rings (SSSR count). The minimum Gasteiger partial charge on any atom is -0.412 e. The molecular formula is C36H72MoN4OS9. The number of hydrogen-bond acceptors (Lipinski definition) is 10. The first kappa shape index (κ1) is 64.1. The molecule has 51 heavy (non-hydrogen) atoms. The molecule has 0 aromatic heterocycles. The number of thiocarbonyl (C=S) groups is 4. The van der Waals surface area contributed by atoms with Crippen LogP contribution >= 0.6 is 48.9 Å². The number of unbranched alkanes of at least 4 members (excludes halogenated alkanes) is 20. The average molecular weight is 962 g/mol. The monoisotopic (exact) mass is 962 g/mol. The molecule has 0 bridgehead atoms. The Labute approximate surface area is 380 Å². The summed E-state index contributed by atoms with van der Waals surface area (Å²) in [5, 5.41) is 11.9. The summed E-state index contributed by atoms with van der Waals surface area (Å²) >= 11 is 40.6. The third kappa shape index (κ3) is 89.5. The van der Waals surface area contributed by atoms with Gasteiger partial charge in [0.15, 0.2) is 12.5 Å². The molecule has 0 unspecified atom stereocenters. The van der Waals surface area contributed by atoms with Gasteiger partial charge in [0.05, 0.1) is 0 Å². The Kier molecular flexibility index (Phi) is 79.3. The topological polar surface area (TPSA) is 65.2 Å². The molecule has 5 nitrogen and oxygen atoms in total. The normalized spacial score (nSPS) is 9.25. The molecule has 4 N–H and O–H groups in total. The fourth-order valence-corrected chi connectivity index (χ4v) is 5.20. The smallest absolute Gasteiger partial charge is 0.412 e. The van der Waals surface area contributed by atoms with Crippen molar-refractivity contribution >= 4 is 129 Å². The molecule has 0 amide bonds. The third-order valence-electron chi connectivity index (χ3n) is 7.20. The molecule has 0 spiro atoms. The van der Waals surface area contributed by atoms with E-state index in [-0.39, 0.29) is 21.1 Å². The summed E-state index contributed by atoms with van der Waals surface area (Å²) < 4.78 is 9.85. The first-order chi connectivity index (χ1) is 24.1. The zero-order chi connectivity index (χ0) is 38.9. The van der Waals surface area contributed by atoms with Crippen LogP contribution in [0.25, 0.3) is 0 Å². The fourth-order valence-electron chi connectivity index (χ4n) is 4.38. The van der Waals surface area contributed by atoms with Crippen molar-refractivity contribution in [3.63, 3.8) is 0 Å². The first-order valence-corrected chi connectivity index (χ1v) is 22.6. The summed E-state index contributed by atoms with van der Waals surface area (Å²) in [4.78, 5) is 0. The first-order valence-electron chi connectivity index (χ1n) is 19.0. The molecular weight excluding hydrogens is 889 g/mol. The molecule has 302 valence electrons. The van der Waals surface area contributed by atoms with E-state index in [2.05, 4.69) is 61.5 Å². The van der Waals surface area contributed by atoms with E-state index in [0.717, 1.165) is 26.2 Å². The molecule has 0 radical (unpaired) electrons. The second kappa shape index (κ2) is 63.1. The van der Waals surface area contributed by atoms with Crippen LogP contribution in [0, 0.1) is 0 Å². The molecule has 0 saturated heterocycles. The van der Waals surface area contributed by atoms with E-state index < -0.39 is 0 Å². The van der Waals surface area contributed by atoms with Crippen LogP contribution in [0.15, 0.2) is 0 Å². The van der Waals surface area contributed by atoms with E-state index >= 15 is 0 Å². The van der Waals surface area contributed by atoms with Gasteiger partial charge in [-0.15, -0.1) is 0 Å². The van der Waals surface area contributed by atoms with Crippen LogP contribution in [0.3, 0.4) is 0 Å². The van der Waals surface area contributed by atoms with Gasteiger partial charge < -0.3 is 121 Å². The van der Waals surface area contributed by atoms with E-state index in [1.54, 1.807) is 0 Å². The maximum atomic E-state index is 7.83. The van der Waals surface area contributed by atoms with Crippen molar-refractivity contribution in [2.24, 2.45) is 0 Å². The minimum absolute atomic E-state index is 0. The van der Waals surface area contributed by atoms with Crippen LogP contribution in [0.4, 0.5) is 0 Å². The van der Waals surface area contributed by atoms with E-state index in [4.69, 9.17) is 104 Å². The van der Waals surface area contributed by atoms with Crippen molar-refractivity contribution in [1.82, 2.24) is 21.3 Å². The summed E-state index contributed by atoms with van der Waals surface area (Å²) in [6.45, 7) is 12.7. The van der Waals surface area contributed by atoms with Crippen LogP contribution in [-0.4, -0.2) is 47.7 Å². The van der Waals surface area contributed by atoms with Crippen LogP contribution in [0.1, 0.15) is 182 Å². The van der Waals surface area contributed by atoms with E-state index in [0.29, 0.717) is 17.3 Å². The second-order valence-electron chi connectivity index (χ2n) is 11.9. The van der Waals surface area contributed by atoms with Crippen molar-refractivity contribution in [1.29, 1.82) is 0 Å². The number of hydrogen-bond donors (Lipinski definition) is 4. The third-order valence-corrected chi connectivity index (χ3v) is 8.35. The predicted molar refractivity (Wildman–Crippen MR) is 254 cm³/mol.